The fraction of sp³-hybridized carbons (Fsp3) is 0.423. The topological polar surface area (TPSA) is 108 Å². The van der Waals surface area contributed by atoms with E-state index in [2.05, 4.69) is 22.3 Å². The van der Waals surface area contributed by atoms with Crippen LogP contribution in [-0.2, 0) is 4.74 Å². The minimum absolute atomic E-state index is 0.143. The van der Waals surface area contributed by atoms with Crippen molar-refractivity contribution < 1.29 is 19.7 Å². The molecule has 8 heteroatoms. The van der Waals surface area contributed by atoms with Crippen molar-refractivity contribution >= 4 is 22.8 Å². The van der Waals surface area contributed by atoms with E-state index in [0.717, 1.165) is 48.1 Å². The molecule has 2 aliphatic heterocycles. The second-order valence-electron chi connectivity index (χ2n) is 9.36. The molecular weight excluding hydrogens is 432 g/mol. The molecule has 3 heterocycles. The van der Waals surface area contributed by atoms with Gasteiger partial charge >= 0.3 is 6.09 Å². The molecule has 0 spiro atoms. The number of aromatic nitrogens is 2. The van der Waals surface area contributed by atoms with Gasteiger partial charge in [0.05, 0.1) is 17.7 Å². The third-order valence-electron chi connectivity index (χ3n) is 7.01. The summed E-state index contributed by atoms with van der Waals surface area (Å²) in [5.74, 6) is 1.79. The number of nitrogens with zero attached hydrogens (tertiary/aromatic N) is 3. The number of phenols is 1. The fourth-order valence-electron chi connectivity index (χ4n) is 5.34. The number of piperidine rings is 1. The summed E-state index contributed by atoms with van der Waals surface area (Å²) in [7, 11) is 0. The number of nitrogens with one attached hydrogen (secondary N) is 1. The number of aromatic hydroxyl groups is 1. The number of benzene rings is 2. The van der Waals surface area contributed by atoms with Gasteiger partial charge in [0.15, 0.2) is 5.82 Å². The maximum Gasteiger partial charge on any atom is 0.404 e. The SMILES string of the molecule is Cc1ccc2c(N3CCC[C@H]([C@@H](NC(=O)O)C4CCOC4)C3)nc(-c3ccccc3O)nc2c1. The van der Waals surface area contributed by atoms with Crippen LogP contribution in [0, 0.1) is 18.8 Å². The van der Waals surface area contributed by atoms with Crippen molar-refractivity contribution in [2.24, 2.45) is 11.8 Å². The summed E-state index contributed by atoms with van der Waals surface area (Å²) in [6.07, 6.45) is 1.78. The van der Waals surface area contributed by atoms with E-state index in [9.17, 15) is 15.0 Å². The molecule has 0 saturated carbocycles. The Morgan fingerprint density at radius 1 is 1.18 bits per heavy atom. The van der Waals surface area contributed by atoms with Crippen LogP contribution in [0.15, 0.2) is 42.5 Å². The Hall–Kier alpha value is -3.39. The summed E-state index contributed by atoms with van der Waals surface area (Å²) >= 11 is 0. The number of carboxylic acid groups (broad SMARTS) is 1. The highest BCUT2D eigenvalue weighted by molar-refractivity contribution is 5.92. The van der Waals surface area contributed by atoms with Gasteiger partial charge in [-0.25, -0.2) is 14.8 Å². The summed E-state index contributed by atoms with van der Waals surface area (Å²) < 4.78 is 5.58. The molecule has 8 nitrogen and oxygen atoms in total. The maximum absolute atomic E-state index is 11.6. The zero-order valence-electron chi connectivity index (χ0n) is 19.3. The first-order valence-electron chi connectivity index (χ1n) is 11.9. The fourth-order valence-corrected chi connectivity index (χ4v) is 5.34. The van der Waals surface area contributed by atoms with Gasteiger partial charge in [-0.3, -0.25) is 0 Å². The molecule has 2 fully saturated rings. The third-order valence-corrected chi connectivity index (χ3v) is 7.01. The third kappa shape index (κ3) is 4.50. The molecule has 3 N–H and O–H groups in total. The molecule has 2 saturated heterocycles. The second kappa shape index (κ2) is 9.46. The zero-order valence-corrected chi connectivity index (χ0v) is 19.3. The Kier molecular flexibility index (Phi) is 6.24. The first-order chi connectivity index (χ1) is 16.5. The molecule has 5 rings (SSSR count). The molecule has 0 aliphatic carbocycles. The Morgan fingerprint density at radius 2 is 2.03 bits per heavy atom. The van der Waals surface area contributed by atoms with E-state index in [0.29, 0.717) is 31.1 Å². The number of amides is 1. The van der Waals surface area contributed by atoms with E-state index in [4.69, 9.17) is 14.7 Å². The van der Waals surface area contributed by atoms with Gasteiger partial charge in [-0.1, -0.05) is 18.2 Å². The minimum Gasteiger partial charge on any atom is -0.507 e. The van der Waals surface area contributed by atoms with Crippen molar-refractivity contribution in [1.29, 1.82) is 0 Å². The molecule has 2 aliphatic rings. The van der Waals surface area contributed by atoms with Crippen molar-refractivity contribution in [2.75, 3.05) is 31.2 Å². The smallest absolute Gasteiger partial charge is 0.404 e. The highest BCUT2D eigenvalue weighted by Gasteiger charge is 2.36. The molecule has 1 amide bonds. The summed E-state index contributed by atoms with van der Waals surface area (Å²) in [4.78, 5) is 23.5. The molecule has 3 aromatic rings. The van der Waals surface area contributed by atoms with Crippen molar-refractivity contribution in [3.05, 3.63) is 48.0 Å². The predicted molar refractivity (Wildman–Crippen MR) is 130 cm³/mol. The standard InChI is InChI=1S/C26H30N4O4/c1-16-8-9-19-21(13-16)27-24(20-6-2-3-7-22(20)31)29-25(19)30-11-4-5-17(14-30)23(28-26(32)33)18-10-12-34-15-18/h2-3,6-9,13,17-18,23,28,31H,4-5,10-12,14-15H2,1H3,(H,32,33)/t17-,18?,23+/m0/s1. The van der Waals surface area contributed by atoms with Gasteiger partial charge in [-0.2, -0.15) is 0 Å². The quantitative estimate of drug-likeness (QED) is 0.521. The highest BCUT2D eigenvalue weighted by Crippen LogP contribution is 2.35. The normalized spacial score (nSPS) is 21.5. The van der Waals surface area contributed by atoms with Crippen LogP contribution < -0.4 is 10.2 Å². The average molecular weight is 463 g/mol. The summed E-state index contributed by atoms with van der Waals surface area (Å²) in [5, 5.41) is 23.7. The number of hydrogen-bond acceptors (Lipinski definition) is 6. The van der Waals surface area contributed by atoms with Crippen molar-refractivity contribution in [3.8, 4) is 17.1 Å². The monoisotopic (exact) mass is 462 g/mol. The van der Waals surface area contributed by atoms with E-state index >= 15 is 0 Å². The van der Waals surface area contributed by atoms with Crippen molar-refractivity contribution in [1.82, 2.24) is 15.3 Å². The highest BCUT2D eigenvalue weighted by atomic mass is 16.5. The van der Waals surface area contributed by atoms with Crippen LogP contribution in [0.25, 0.3) is 22.3 Å². The molecular formula is C26H30N4O4. The van der Waals surface area contributed by atoms with Crippen LogP contribution in [0.2, 0.25) is 0 Å². The number of para-hydroxylation sites is 1. The number of aryl methyl sites for hydroxylation is 1. The predicted octanol–water partition coefficient (Wildman–Crippen LogP) is 4.20. The van der Waals surface area contributed by atoms with Crippen LogP contribution in [0.5, 0.6) is 5.75 Å². The van der Waals surface area contributed by atoms with Crippen LogP contribution in [0.4, 0.5) is 10.6 Å². The maximum atomic E-state index is 11.6. The van der Waals surface area contributed by atoms with E-state index in [1.54, 1.807) is 12.1 Å². The van der Waals surface area contributed by atoms with Crippen LogP contribution >= 0.6 is 0 Å². The van der Waals surface area contributed by atoms with Crippen molar-refractivity contribution in [2.45, 2.75) is 32.2 Å². The number of anilines is 1. The lowest BCUT2D eigenvalue weighted by Gasteiger charge is -2.39. The average Bonchev–Trinajstić information content (AvgIpc) is 3.36. The number of phenolic OH excluding ortho intramolecular Hbond substituents is 1. The van der Waals surface area contributed by atoms with Crippen LogP contribution in [-0.4, -0.2) is 58.6 Å². The number of ether oxygens (including phenoxy) is 1. The van der Waals surface area contributed by atoms with Gasteiger partial charge in [0.2, 0.25) is 0 Å². The van der Waals surface area contributed by atoms with Gasteiger partial charge in [0.1, 0.15) is 11.6 Å². The zero-order chi connectivity index (χ0) is 23.7. The van der Waals surface area contributed by atoms with Gasteiger partial charge in [-0.05, 0) is 61.9 Å². The Morgan fingerprint density at radius 3 is 2.79 bits per heavy atom. The number of hydrogen-bond donors (Lipinski definition) is 3. The van der Waals surface area contributed by atoms with Gasteiger partial charge in [0, 0.05) is 37.0 Å². The van der Waals surface area contributed by atoms with Gasteiger partial charge < -0.3 is 25.2 Å². The lowest BCUT2D eigenvalue weighted by Crippen LogP contribution is -2.51. The number of rotatable bonds is 5. The van der Waals surface area contributed by atoms with Gasteiger partial charge in [0.25, 0.3) is 0 Å². The molecule has 1 aromatic heterocycles. The lowest BCUT2D eigenvalue weighted by molar-refractivity contribution is 0.147. The van der Waals surface area contributed by atoms with Crippen LogP contribution in [0.3, 0.4) is 0 Å². The molecule has 3 atom stereocenters. The number of fused-ring (bicyclic) bond motifs is 1. The molecule has 1 unspecified atom stereocenters. The lowest BCUT2D eigenvalue weighted by atomic mass is 9.82. The first kappa shape index (κ1) is 22.4. The summed E-state index contributed by atoms with van der Waals surface area (Å²) in [5.41, 5.74) is 2.52. The number of carbonyl (C=O) groups is 1. The van der Waals surface area contributed by atoms with Crippen LogP contribution in [0.1, 0.15) is 24.8 Å². The Labute approximate surface area is 198 Å². The van der Waals surface area contributed by atoms with E-state index in [1.165, 1.54) is 0 Å². The first-order valence-corrected chi connectivity index (χ1v) is 11.9. The summed E-state index contributed by atoms with van der Waals surface area (Å²) in [6, 6.07) is 13.1. The van der Waals surface area contributed by atoms with E-state index < -0.39 is 6.09 Å². The van der Waals surface area contributed by atoms with E-state index in [1.807, 2.05) is 25.1 Å². The van der Waals surface area contributed by atoms with Gasteiger partial charge in [-0.15, -0.1) is 0 Å². The Balaban J connectivity index is 1.53. The summed E-state index contributed by atoms with van der Waals surface area (Å²) in [6.45, 7) is 4.83. The van der Waals surface area contributed by atoms with Crippen molar-refractivity contribution in [3.63, 3.8) is 0 Å². The molecule has 34 heavy (non-hydrogen) atoms. The molecule has 178 valence electrons. The second-order valence-corrected chi connectivity index (χ2v) is 9.36. The molecule has 0 radical (unpaired) electrons. The molecule has 0 bridgehead atoms. The van der Waals surface area contributed by atoms with E-state index in [-0.39, 0.29) is 23.6 Å². The largest absolute Gasteiger partial charge is 0.507 e. The Bertz CT molecular complexity index is 1190. The molecule has 2 aromatic carbocycles. The minimum atomic E-state index is -0.987.